The molecule has 3 heterocycles. The predicted molar refractivity (Wildman–Crippen MR) is 138 cm³/mol. The van der Waals surface area contributed by atoms with Gasteiger partial charge in [-0.3, -0.25) is 0 Å². The number of carbonyl (C=O) groups excluding carboxylic acids is 1. The zero-order chi connectivity index (χ0) is 25.1. The Labute approximate surface area is 209 Å². The van der Waals surface area contributed by atoms with Gasteiger partial charge in [0.25, 0.3) is 0 Å². The second-order valence-electron chi connectivity index (χ2n) is 8.59. The van der Waals surface area contributed by atoms with Crippen molar-refractivity contribution in [3.8, 4) is 11.5 Å². The van der Waals surface area contributed by atoms with Crippen molar-refractivity contribution in [3.63, 3.8) is 0 Å². The lowest BCUT2D eigenvalue weighted by Gasteiger charge is -2.23. The van der Waals surface area contributed by atoms with Crippen LogP contribution in [0.25, 0.3) is 5.65 Å². The number of anilines is 3. The predicted octanol–water partition coefficient (Wildman–Crippen LogP) is 4.62. The average molecular weight is 488 g/mol. The second kappa shape index (κ2) is 10.2. The molecule has 0 fully saturated rings. The fraction of sp³-hybridized carbons (Fsp3) is 0.296. The van der Waals surface area contributed by atoms with Gasteiger partial charge >= 0.3 is 5.97 Å². The van der Waals surface area contributed by atoms with E-state index in [1.807, 2.05) is 49.5 Å². The highest BCUT2D eigenvalue weighted by Crippen LogP contribution is 2.35. The summed E-state index contributed by atoms with van der Waals surface area (Å²) in [5.74, 6) is 2.53. The zero-order valence-corrected chi connectivity index (χ0v) is 20.7. The number of para-hydroxylation sites is 1. The van der Waals surface area contributed by atoms with Gasteiger partial charge in [0.1, 0.15) is 28.7 Å². The number of nitrogens with zero attached hydrogens (tertiary/aromatic N) is 4. The third kappa shape index (κ3) is 4.64. The highest BCUT2D eigenvalue weighted by Gasteiger charge is 2.21. The molecular weight excluding hydrogens is 458 g/mol. The van der Waals surface area contributed by atoms with Gasteiger partial charge in [0.2, 0.25) is 0 Å². The molecule has 0 saturated heterocycles. The van der Waals surface area contributed by atoms with Crippen molar-refractivity contribution >= 4 is 28.9 Å². The number of rotatable bonds is 8. The molecule has 36 heavy (non-hydrogen) atoms. The van der Waals surface area contributed by atoms with Crippen molar-refractivity contribution in [3.05, 3.63) is 71.4 Å². The fourth-order valence-electron chi connectivity index (χ4n) is 4.35. The van der Waals surface area contributed by atoms with Crippen LogP contribution in [0.1, 0.15) is 34.8 Å². The van der Waals surface area contributed by atoms with E-state index in [4.69, 9.17) is 19.2 Å². The molecule has 0 amide bonds. The number of hydrogen-bond acceptors (Lipinski definition) is 8. The minimum Gasteiger partial charge on any atom is -0.497 e. The van der Waals surface area contributed by atoms with Crippen LogP contribution >= 0.6 is 0 Å². The van der Waals surface area contributed by atoms with Crippen LogP contribution in [0.3, 0.4) is 0 Å². The first-order valence-electron chi connectivity index (χ1n) is 12.0. The fourth-order valence-corrected chi connectivity index (χ4v) is 4.35. The van der Waals surface area contributed by atoms with Crippen LogP contribution in [-0.4, -0.2) is 47.9 Å². The van der Waals surface area contributed by atoms with E-state index in [1.54, 1.807) is 18.5 Å². The van der Waals surface area contributed by atoms with Gasteiger partial charge in [0.15, 0.2) is 5.65 Å². The zero-order valence-electron chi connectivity index (χ0n) is 20.7. The summed E-state index contributed by atoms with van der Waals surface area (Å²) in [5, 5.41) is 7.88. The highest BCUT2D eigenvalue weighted by atomic mass is 16.5. The maximum absolute atomic E-state index is 12.6. The summed E-state index contributed by atoms with van der Waals surface area (Å²) in [6, 6.07) is 15.9. The molecule has 4 aromatic rings. The van der Waals surface area contributed by atoms with Crippen molar-refractivity contribution in [2.24, 2.45) is 0 Å². The Kier molecular flexibility index (Phi) is 6.62. The molecule has 1 N–H and O–H groups in total. The first-order chi connectivity index (χ1) is 17.6. The lowest BCUT2D eigenvalue weighted by Crippen LogP contribution is -2.20. The monoisotopic (exact) mass is 487 g/mol. The number of benzene rings is 2. The van der Waals surface area contributed by atoms with Crippen LogP contribution in [0.15, 0.2) is 54.7 Å². The molecule has 5 rings (SSSR count). The van der Waals surface area contributed by atoms with E-state index in [0.717, 1.165) is 41.4 Å². The maximum Gasteiger partial charge on any atom is 0.343 e. The number of fused-ring (bicyclic) bond motifs is 2. The van der Waals surface area contributed by atoms with Crippen LogP contribution in [0, 0.1) is 0 Å². The minimum atomic E-state index is -0.457. The molecule has 1 aliphatic heterocycles. The number of hydrogen-bond donors (Lipinski definition) is 1. The van der Waals surface area contributed by atoms with Crippen molar-refractivity contribution in [1.82, 2.24) is 14.6 Å². The largest absolute Gasteiger partial charge is 0.497 e. The lowest BCUT2D eigenvalue weighted by molar-refractivity contribution is 0.0528. The molecule has 1 aliphatic rings. The Balaban J connectivity index is 1.55. The van der Waals surface area contributed by atoms with E-state index < -0.39 is 5.97 Å². The molecule has 0 spiro atoms. The molecule has 0 atom stereocenters. The number of methoxy groups -OCH3 is 1. The van der Waals surface area contributed by atoms with Crippen LogP contribution in [0.2, 0.25) is 0 Å². The van der Waals surface area contributed by atoms with E-state index >= 15 is 0 Å². The van der Waals surface area contributed by atoms with Gasteiger partial charge in [-0.15, -0.1) is 0 Å². The summed E-state index contributed by atoms with van der Waals surface area (Å²) in [5.41, 5.74) is 3.83. The van der Waals surface area contributed by atoms with Crippen LogP contribution in [0.4, 0.5) is 17.3 Å². The lowest BCUT2D eigenvalue weighted by atomic mass is 10.1. The van der Waals surface area contributed by atoms with Crippen molar-refractivity contribution in [2.45, 2.75) is 26.3 Å². The average Bonchev–Trinajstić information content (AvgIpc) is 3.33. The van der Waals surface area contributed by atoms with E-state index in [0.29, 0.717) is 30.2 Å². The molecule has 0 saturated carbocycles. The van der Waals surface area contributed by atoms with Gasteiger partial charge in [-0.2, -0.15) is 9.61 Å². The van der Waals surface area contributed by atoms with Crippen molar-refractivity contribution in [2.75, 3.05) is 37.6 Å². The second-order valence-corrected chi connectivity index (χ2v) is 8.59. The third-order valence-electron chi connectivity index (χ3n) is 6.11. The Morgan fingerprint density at radius 1 is 1.22 bits per heavy atom. The Morgan fingerprint density at radius 3 is 2.83 bits per heavy atom. The molecule has 186 valence electrons. The summed E-state index contributed by atoms with van der Waals surface area (Å²) >= 11 is 0. The highest BCUT2D eigenvalue weighted by molar-refractivity contribution is 5.96. The van der Waals surface area contributed by atoms with E-state index in [1.165, 1.54) is 11.8 Å². The molecule has 0 unspecified atom stereocenters. The number of carbonyl (C=O) groups is 1. The van der Waals surface area contributed by atoms with Gasteiger partial charge < -0.3 is 24.4 Å². The Morgan fingerprint density at radius 2 is 2.06 bits per heavy atom. The van der Waals surface area contributed by atoms with E-state index in [-0.39, 0.29) is 6.61 Å². The smallest absolute Gasteiger partial charge is 0.343 e. The maximum atomic E-state index is 12.6. The van der Waals surface area contributed by atoms with Gasteiger partial charge in [-0.25, -0.2) is 9.78 Å². The summed E-state index contributed by atoms with van der Waals surface area (Å²) < 4.78 is 18.2. The first kappa shape index (κ1) is 23.5. The van der Waals surface area contributed by atoms with Gasteiger partial charge in [0, 0.05) is 19.7 Å². The van der Waals surface area contributed by atoms with Crippen LogP contribution in [0.5, 0.6) is 11.5 Å². The first-order valence-corrected chi connectivity index (χ1v) is 12.0. The summed E-state index contributed by atoms with van der Waals surface area (Å²) in [6.45, 7) is 3.34. The Bertz CT molecular complexity index is 1380. The SMILES string of the molecule is CCOC(=O)c1cnn2c(N(C)Cc3ccc(OC)cc3)cc(Nc3cccc4c3OCCC4)nc12. The normalized spacial score (nSPS) is 12.5. The Hall–Kier alpha value is -4.27. The van der Waals surface area contributed by atoms with E-state index in [9.17, 15) is 4.79 Å². The topological polar surface area (TPSA) is 90.2 Å². The molecule has 2 aromatic heterocycles. The minimum absolute atomic E-state index is 0.270. The van der Waals surface area contributed by atoms with E-state index in [2.05, 4.69) is 21.4 Å². The third-order valence-corrected chi connectivity index (χ3v) is 6.11. The standard InChI is InChI=1S/C27H29N5O4/c1-4-35-27(33)21-16-28-32-24(31(2)17-18-10-12-20(34-3)13-11-18)15-23(30-26(21)32)29-22-9-5-7-19-8-6-14-36-25(19)22/h5,7,9-13,15-16H,4,6,8,14,17H2,1-3H3,(H,29,30). The molecule has 0 radical (unpaired) electrons. The summed E-state index contributed by atoms with van der Waals surface area (Å²) in [4.78, 5) is 19.4. The summed E-state index contributed by atoms with van der Waals surface area (Å²) in [6.07, 6.45) is 3.48. The molecule has 0 aliphatic carbocycles. The van der Waals surface area contributed by atoms with Gasteiger partial charge in [0.05, 0.1) is 32.2 Å². The number of aromatic nitrogens is 3. The van der Waals surface area contributed by atoms with Crippen molar-refractivity contribution in [1.29, 1.82) is 0 Å². The quantitative estimate of drug-likeness (QED) is 0.360. The molecule has 9 nitrogen and oxygen atoms in total. The van der Waals surface area contributed by atoms with Crippen LogP contribution < -0.4 is 19.7 Å². The molecule has 9 heteroatoms. The molecule has 2 aromatic carbocycles. The number of ether oxygens (including phenoxy) is 3. The summed E-state index contributed by atoms with van der Waals surface area (Å²) in [7, 11) is 3.62. The van der Waals surface area contributed by atoms with Crippen molar-refractivity contribution < 1.29 is 19.0 Å². The van der Waals surface area contributed by atoms with Gasteiger partial charge in [-0.05, 0) is 49.1 Å². The number of aryl methyl sites for hydroxylation is 1. The van der Waals surface area contributed by atoms with Gasteiger partial charge in [-0.1, -0.05) is 24.3 Å². The molecular formula is C27H29N5O4. The molecule has 0 bridgehead atoms. The number of nitrogens with one attached hydrogen (secondary N) is 1. The number of esters is 1. The van der Waals surface area contributed by atoms with Crippen LogP contribution in [-0.2, 0) is 17.7 Å².